The number of rotatable bonds is 15. The van der Waals surface area contributed by atoms with Crippen LogP contribution >= 0.6 is 0 Å². The van der Waals surface area contributed by atoms with Gasteiger partial charge in [0.1, 0.15) is 11.5 Å². The third kappa shape index (κ3) is 24.0. The van der Waals surface area contributed by atoms with E-state index in [0.29, 0.717) is 12.0 Å². The lowest BCUT2D eigenvalue weighted by Crippen LogP contribution is -2.22. The first-order valence-corrected chi connectivity index (χ1v) is 20.6. The van der Waals surface area contributed by atoms with E-state index in [4.69, 9.17) is 15.5 Å². The van der Waals surface area contributed by atoms with E-state index in [1.165, 1.54) is 12.0 Å². The van der Waals surface area contributed by atoms with Crippen molar-refractivity contribution in [2.24, 2.45) is 22.4 Å². The molecule has 3 rings (SSSR count). The van der Waals surface area contributed by atoms with E-state index < -0.39 is 0 Å². The molecule has 57 heavy (non-hydrogen) atoms. The van der Waals surface area contributed by atoms with E-state index in [2.05, 4.69) is 70.9 Å². The van der Waals surface area contributed by atoms with Crippen molar-refractivity contribution in [2.75, 3.05) is 6.54 Å². The van der Waals surface area contributed by atoms with Crippen molar-refractivity contribution in [3.05, 3.63) is 137 Å². The van der Waals surface area contributed by atoms with Gasteiger partial charge in [0, 0.05) is 24.2 Å². The molecular formula is C49H75N5O3. The summed E-state index contributed by atoms with van der Waals surface area (Å²) in [5.74, 6) is 2.20. The van der Waals surface area contributed by atoms with Crippen LogP contribution < -0.4 is 26.8 Å². The molecule has 6 N–H and O–H groups in total. The van der Waals surface area contributed by atoms with Gasteiger partial charge in [0.05, 0.1) is 17.2 Å². The molecule has 0 radical (unpaired) electrons. The predicted molar refractivity (Wildman–Crippen MR) is 247 cm³/mol. The Hall–Kier alpha value is -5.37. The minimum atomic E-state index is -0.245. The Morgan fingerprint density at radius 3 is 1.96 bits per heavy atom. The van der Waals surface area contributed by atoms with Crippen molar-refractivity contribution in [3.8, 4) is 11.5 Å². The van der Waals surface area contributed by atoms with Crippen molar-refractivity contribution in [3.63, 3.8) is 0 Å². The molecular weight excluding hydrogens is 707 g/mol. The van der Waals surface area contributed by atoms with Crippen LogP contribution in [-0.4, -0.2) is 24.1 Å². The van der Waals surface area contributed by atoms with Crippen LogP contribution in [0.2, 0.25) is 0 Å². The highest BCUT2D eigenvalue weighted by Gasteiger charge is 2.15. The molecule has 0 bridgehead atoms. The first kappa shape index (κ1) is 53.7. The van der Waals surface area contributed by atoms with Gasteiger partial charge in [-0.3, -0.25) is 14.6 Å². The second-order valence-electron chi connectivity index (χ2n) is 12.8. The van der Waals surface area contributed by atoms with Crippen LogP contribution in [0.5, 0.6) is 11.5 Å². The fourth-order valence-corrected chi connectivity index (χ4v) is 4.28. The highest BCUT2D eigenvalue weighted by molar-refractivity contribution is 6.04. The summed E-state index contributed by atoms with van der Waals surface area (Å²) in [6, 6.07) is 23.4. The number of aryl methyl sites for hydroxylation is 1. The maximum absolute atomic E-state index is 13.0. The summed E-state index contributed by atoms with van der Waals surface area (Å²) in [5, 5.41) is 6.11. The van der Waals surface area contributed by atoms with Crippen molar-refractivity contribution in [1.29, 1.82) is 0 Å². The molecule has 0 aromatic heterocycles. The summed E-state index contributed by atoms with van der Waals surface area (Å²) < 4.78 is 6.07. The number of ether oxygens (including phenoxy) is 1. The number of amides is 2. The standard InChI is InChI=1S/C33H36N2O2.C8H18N2.C3H7NO.C3H8.C2H6/c1-6-9-11-16-28(8-3)34-33(36)27-21-20-25(5)31(23-27)35-32(24(4)7-2)26-15-14-19-30(22-26)37-29-17-12-10-13-18-29;1-4-6-10-8(9)7(3)5-2;1-2-3(4)5;1-3-2;1-2/h6,8-24H,7H2,1-5H3,(H,34,36);10H,4-6,9H2,1-3H3;2H2,1H3,(H2,4,5);3H2,1-2H3;1-2H3/b9-6-,16-11-,28-8-,35-32?;8-7+;;;. The van der Waals surface area contributed by atoms with Crippen LogP contribution in [0.15, 0.2) is 125 Å². The lowest BCUT2D eigenvalue weighted by Gasteiger charge is -2.16. The molecule has 8 heteroatoms. The number of hydrogen-bond donors (Lipinski definition) is 4. The van der Waals surface area contributed by atoms with Gasteiger partial charge < -0.3 is 26.8 Å². The molecule has 0 aliphatic carbocycles. The van der Waals surface area contributed by atoms with E-state index in [9.17, 15) is 9.59 Å². The first-order valence-electron chi connectivity index (χ1n) is 20.6. The zero-order chi connectivity index (χ0) is 43.6. The molecule has 314 valence electrons. The number of nitrogens with zero attached hydrogens (tertiary/aromatic N) is 1. The molecule has 1 unspecified atom stereocenters. The number of primary amides is 1. The molecule has 3 aromatic rings. The van der Waals surface area contributed by atoms with Crippen molar-refractivity contribution >= 4 is 23.2 Å². The molecule has 0 heterocycles. The molecule has 2 amide bonds. The maximum Gasteiger partial charge on any atom is 0.255 e. The first-order chi connectivity index (χ1) is 27.3. The van der Waals surface area contributed by atoms with Crippen molar-refractivity contribution < 1.29 is 14.3 Å². The third-order valence-electron chi connectivity index (χ3n) is 7.95. The molecule has 0 saturated carbocycles. The van der Waals surface area contributed by atoms with Crippen molar-refractivity contribution in [2.45, 2.75) is 122 Å². The molecule has 3 aromatic carbocycles. The van der Waals surface area contributed by atoms with E-state index >= 15 is 0 Å². The highest BCUT2D eigenvalue weighted by Crippen LogP contribution is 2.28. The van der Waals surface area contributed by atoms with E-state index in [1.807, 2.05) is 132 Å². The zero-order valence-electron chi connectivity index (χ0n) is 37.5. The number of nitrogens with two attached hydrogens (primary N) is 2. The monoisotopic (exact) mass is 782 g/mol. The van der Waals surface area contributed by atoms with Crippen LogP contribution in [0.1, 0.15) is 137 Å². The van der Waals surface area contributed by atoms with Gasteiger partial charge in [0.15, 0.2) is 0 Å². The lowest BCUT2D eigenvalue weighted by atomic mass is 9.95. The van der Waals surface area contributed by atoms with E-state index in [1.54, 1.807) is 6.92 Å². The smallest absolute Gasteiger partial charge is 0.255 e. The number of hydrogen-bond acceptors (Lipinski definition) is 6. The van der Waals surface area contributed by atoms with Gasteiger partial charge in [0.2, 0.25) is 5.91 Å². The predicted octanol–water partition coefficient (Wildman–Crippen LogP) is 12.6. The second-order valence-corrected chi connectivity index (χ2v) is 12.8. The maximum atomic E-state index is 13.0. The Labute approximate surface area is 346 Å². The third-order valence-corrected chi connectivity index (χ3v) is 7.95. The number of benzene rings is 3. The number of allylic oxidation sites excluding steroid dienone is 6. The van der Waals surface area contributed by atoms with Gasteiger partial charge in [-0.25, -0.2) is 0 Å². The minimum Gasteiger partial charge on any atom is -0.457 e. The summed E-state index contributed by atoms with van der Waals surface area (Å²) in [6.07, 6.45) is 14.3. The van der Waals surface area contributed by atoms with Gasteiger partial charge in [-0.05, 0) is 112 Å². The van der Waals surface area contributed by atoms with Gasteiger partial charge in [-0.1, -0.05) is 129 Å². The van der Waals surface area contributed by atoms with Gasteiger partial charge in [0.25, 0.3) is 5.91 Å². The molecule has 8 nitrogen and oxygen atoms in total. The summed E-state index contributed by atoms with van der Waals surface area (Å²) in [5.41, 5.74) is 16.6. The average Bonchev–Trinajstić information content (AvgIpc) is 3.23. The number of nitrogens with one attached hydrogen (secondary N) is 2. The quantitative estimate of drug-likeness (QED) is 0.0900. The van der Waals surface area contributed by atoms with Gasteiger partial charge in [-0.15, -0.1) is 0 Å². The van der Waals surface area contributed by atoms with E-state index in [-0.39, 0.29) is 17.7 Å². The normalized spacial score (nSPS) is 11.9. The van der Waals surface area contributed by atoms with Crippen LogP contribution in [0.25, 0.3) is 0 Å². The fourth-order valence-electron chi connectivity index (χ4n) is 4.28. The van der Waals surface area contributed by atoms with Gasteiger partial charge >= 0.3 is 0 Å². The Bertz CT molecular complexity index is 1700. The van der Waals surface area contributed by atoms with Crippen LogP contribution in [-0.2, 0) is 4.79 Å². The molecule has 0 aliphatic heterocycles. The van der Waals surface area contributed by atoms with Gasteiger partial charge in [-0.2, -0.15) is 0 Å². The number of para-hydroxylation sites is 1. The molecule has 0 saturated heterocycles. The Balaban J connectivity index is 0. The van der Waals surface area contributed by atoms with Crippen LogP contribution in [0.3, 0.4) is 0 Å². The van der Waals surface area contributed by atoms with Crippen LogP contribution in [0.4, 0.5) is 5.69 Å². The number of aliphatic imine (C=N–C) groups is 1. The highest BCUT2D eigenvalue weighted by atomic mass is 16.5. The number of carbonyl (C=O) groups excluding carboxylic acids is 2. The summed E-state index contributed by atoms with van der Waals surface area (Å²) in [7, 11) is 0. The van der Waals surface area contributed by atoms with Crippen LogP contribution in [0, 0.1) is 12.8 Å². The Kier molecular flexibility index (Phi) is 32.0. The Morgan fingerprint density at radius 1 is 0.825 bits per heavy atom. The topological polar surface area (TPSA) is 132 Å². The summed E-state index contributed by atoms with van der Waals surface area (Å²) >= 11 is 0. The molecule has 0 aliphatic rings. The SMILES string of the molecule is CC.CCC.CCC(N)=O.CCCN/C(N)=C(\C)CC.C\C=C/C=C\C(=C\C)NC(=O)c1ccc(C)c(N=C(c2cccc(Oc3ccccc3)c2)C(C)CC)c1. The van der Waals surface area contributed by atoms with E-state index in [0.717, 1.165) is 71.4 Å². The lowest BCUT2D eigenvalue weighted by molar-refractivity contribution is -0.117. The summed E-state index contributed by atoms with van der Waals surface area (Å²) in [6.45, 7) is 27.4. The molecule has 1 atom stereocenters. The summed E-state index contributed by atoms with van der Waals surface area (Å²) in [4.78, 5) is 27.7. The molecule has 0 spiro atoms. The zero-order valence-corrected chi connectivity index (χ0v) is 37.5. The van der Waals surface area contributed by atoms with Crippen molar-refractivity contribution in [1.82, 2.24) is 10.6 Å². The second kappa shape index (κ2) is 33.9. The number of carbonyl (C=O) groups is 2. The minimum absolute atomic E-state index is 0.168. The molecule has 0 fully saturated rings. The largest absolute Gasteiger partial charge is 0.457 e. The fraction of sp³-hybridized carbons (Fsp3) is 0.408. The Morgan fingerprint density at radius 2 is 1.44 bits per heavy atom. The average molecular weight is 782 g/mol.